The fourth-order valence-corrected chi connectivity index (χ4v) is 3.40. The first kappa shape index (κ1) is 13.5. The molecule has 2 atom stereocenters. The molecule has 0 radical (unpaired) electrons. The highest BCUT2D eigenvalue weighted by Crippen LogP contribution is 2.15. The Kier molecular flexibility index (Phi) is 4.04. The summed E-state index contributed by atoms with van der Waals surface area (Å²) in [4.78, 5) is 0.236. The monoisotopic (exact) mass is 272 g/mol. The molecule has 0 aliphatic carbocycles. The molecule has 102 valence electrons. The second kappa shape index (κ2) is 5.38. The third kappa shape index (κ3) is 3.09. The van der Waals surface area contributed by atoms with Crippen molar-refractivity contribution >= 4 is 10.0 Å². The maximum absolute atomic E-state index is 12.0. The molecule has 3 N–H and O–H groups in total. The number of piperidine rings is 1. The van der Waals surface area contributed by atoms with Gasteiger partial charge < -0.3 is 5.32 Å². The molecule has 0 bridgehead atoms. The molecule has 0 saturated carbocycles. The predicted octanol–water partition coefficient (Wildman–Crippen LogP) is 0.385. The van der Waals surface area contributed by atoms with Crippen LogP contribution in [0.3, 0.4) is 0 Å². The van der Waals surface area contributed by atoms with Crippen LogP contribution in [0.2, 0.25) is 0 Å². The Morgan fingerprint density at radius 1 is 1.50 bits per heavy atom. The molecule has 1 aromatic rings. The van der Waals surface area contributed by atoms with Gasteiger partial charge in [0.2, 0.25) is 10.0 Å². The number of rotatable bonds is 4. The maximum atomic E-state index is 12.0. The largest absolute Gasteiger partial charge is 0.314 e. The van der Waals surface area contributed by atoms with Crippen LogP contribution >= 0.6 is 0 Å². The van der Waals surface area contributed by atoms with Gasteiger partial charge in [-0.25, -0.2) is 13.1 Å². The lowest BCUT2D eigenvalue weighted by atomic mass is 9.96. The van der Waals surface area contributed by atoms with E-state index in [1.165, 1.54) is 6.20 Å². The van der Waals surface area contributed by atoms with Crippen LogP contribution in [0, 0.1) is 12.8 Å². The number of aromatic amines is 1. The van der Waals surface area contributed by atoms with E-state index in [9.17, 15) is 8.42 Å². The summed E-state index contributed by atoms with van der Waals surface area (Å²) in [6.45, 7) is 5.20. The van der Waals surface area contributed by atoms with E-state index in [2.05, 4.69) is 27.2 Å². The zero-order chi connectivity index (χ0) is 13.2. The summed E-state index contributed by atoms with van der Waals surface area (Å²) < 4.78 is 26.7. The van der Waals surface area contributed by atoms with Crippen molar-refractivity contribution in [2.75, 3.05) is 13.1 Å². The second-order valence-corrected chi connectivity index (χ2v) is 6.70. The van der Waals surface area contributed by atoms with Crippen molar-refractivity contribution in [1.29, 1.82) is 0 Å². The van der Waals surface area contributed by atoms with Gasteiger partial charge in [0.05, 0.1) is 11.9 Å². The average molecular weight is 272 g/mol. The highest BCUT2D eigenvalue weighted by molar-refractivity contribution is 7.89. The number of sulfonamides is 1. The van der Waals surface area contributed by atoms with Gasteiger partial charge in [-0.2, -0.15) is 5.10 Å². The van der Waals surface area contributed by atoms with Crippen molar-refractivity contribution in [2.24, 2.45) is 5.92 Å². The molecule has 1 aromatic heterocycles. The van der Waals surface area contributed by atoms with Gasteiger partial charge in [-0.05, 0) is 39.2 Å². The fourth-order valence-electron chi connectivity index (χ4n) is 2.15. The Hall–Kier alpha value is -0.920. The van der Waals surface area contributed by atoms with Crippen LogP contribution in [0.15, 0.2) is 11.1 Å². The average Bonchev–Trinajstić information content (AvgIpc) is 2.76. The molecule has 1 aliphatic heterocycles. The van der Waals surface area contributed by atoms with Crippen molar-refractivity contribution in [3.05, 3.63) is 11.9 Å². The third-order valence-corrected chi connectivity index (χ3v) is 4.94. The first-order chi connectivity index (χ1) is 8.49. The second-order valence-electron chi connectivity index (χ2n) is 4.96. The summed E-state index contributed by atoms with van der Waals surface area (Å²) in [6.07, 6.45) is 3.50. The number of nitrogens with one attached hydrogen (secondary N) is 3. The molecule has 7 heteroatoms. The van der Waals surface area contributed by atoms with E-state index < -0.39 is 10.0 Å². The summed E-state index contributed by atoms with van der Waals surface area (Å²) >= 11 is 0. The summed E-state index contributed by atoms with van der Waals surface area (Å²) in [7, 11) is -3.43. The number of nitrogens with zero attached hydrogens (tertiary/aromatic N) is 1. The summed E-state index contributed by atoms with van der Waals surface area (Å²) in [5.74, 6) is 0.364. The molecule has 1 fully saturated rings. The standard InChI is InChI=1S/C11H20N4O2S/c1-8-3-4-10(5-12-8)6-14-18(16,17)11-7-13-15-9(11)2/h7-8,10,12,14H,3-6H2,1-2H3,(H,13,15). The van der Waals surface area contributed by atoms with Crippen LogP contribution in [0.4, 0.5) is 0 Å². The molecule has 6 nitrogen and oxygen atoms in total. The van der Waals surface area contributed by atoms with E-state index in [4.69, 9.17) is 0 Å². The molecule has 0 spiro atoms. The minimum Gasteiger partial charge on any atom is -0.314 e. The molecule has 2 unspecified atom stereocenters. The Labute approximate surface area is 108 Å². The Morgan fingerprint density at radius 2 is 2.28 bits per heavy atom. The Morgan fingerprint density at radius 3 is 2.83 bits per heavy atom. The Balaban J connectivity index is 1.92. The van der Waals surface area contributed by atoms with E-state index >= 15 is 0 Å². The lowest BCUT2D eigenvalue weighted by Gasteiger charge is -2.27. The summed E-state index contributed by atoms with van der Waals surface area (Å²) in [6, 6.07) is 0.536. The van der Waals surface area contributed by atoms with Crippen LogP contribution in [-0.2, 0) is 10.0 Å². The van der Waals surface area contributed by atoms with Crippen LogP contribution in [0.25, 0.3) is 0 Å². The number of hydrogen-bond donors (Lipinski definition) is 3. The van der Waals surface area contributed by atoms with Gasteiger partial charge in [-0.1, -0.05) is 0 Å². The van der Waals surface area contributed by atoms with Crippen molar-refractivity contribution in [2.45, 2.75) is 37.6 Å². The Bertz CT molecular complexity index is 489. The van der Waals surface area contributed by atoms with Crippen molar-refractivity contribution < 1.29 is 8.42 Å². The normalized spacial score (nSPS) is 25.2. The topological polar surface area (TPSA) is 86.9 Å². The van der Waals surface area contributed by atoms with Crippen LogP contribution in [-0.4, -0.2) is 37.7 Å². The minimum absolute atomic E-state index is 0.236. The number of aryl methyl sites for hydroxylation is 1. The van der Waals surface area contributed by atoms with Gasteiger partial charge in [0.25, 0.3) is 0 Å². The molecular weight excluding hydrogens is 252 g/mol. The highest BCUT2D eigenvalue weighted by atomic mass is 32.2. The van der Waals surface area contributed by atoms with E-state index in [-0.39, 0.29) is 4.90 Å². The molecule has 1 aliphatic rings. The molecule has 0 amide bonds. The fraction of sp³-hybridized carbons (Fsp3) is 0.727. The van der Waals surface area contributed by atoms with Crippen molar-refractivity contribution in [1.82, 2.24) is 20.2 Å². The minimum atomic E-state index is -3.43. The van der Waals surface area contributed by atoms with Crippen LogP contribution < -0.4 is 10.0 Å². The van der Waals surface area contributed by atoms with Gasteiger partial charge >= 0.3 is 0 Å². The van der Waals surface area contributed by atoms with E-state index in [0.717, 1.165) is 19.4 Å². The maximum Gasteiger partial charge on any atom is 0.243 e. The number of H-pyrrole nitrogens is 1. The van der Waals surface area contributed by atoms with E-state index in [1.807, 2.05) is 0 Å². The van der Waals surface area contributed by atoms with Crippen LogP contribution in [0.5, 0.6) is 0 Å². The van der Waals surface area contributed by atoms with Gasteiger partial charge in [0, 0.05) is 12.6 Å². The zero-order valence-electron chi connectivity index (χ0n) is 10.7. The van der Waals surface area contributed by atoms with E-state index in [0.29, 0.717) is 24.2 Å². The highest BCUT2D eigenvalue weighted by Gasteiger charge is 2.22. The molecule has 18 heavy (non-hydrogen) atoms. The first-order valence-corrected chi connectivity index (χ1v) is 7.70. The molecule has 2 heterocycles. The molecule has 0 aromatic carbocycles. The lowest BCUT2D eigenvalue weighted by molar-refractivity contribution is 0.323. The SMILES string of the molecule is Cc1[nH]ncc1S(=O)(=O)NCC1CCC(C)NC1. The van der Waals surface area contributed by atoms with Crippen molar-refractivity contribution in [3.63, 3.8) is 0 Å². The van der Waals surface area contributed by atoms with Gasteiger partial charge in [0.1, 0.15) is 4.90 Å². The van der Waals surface area contributed by atoms with E-state index in [1.54, 1.807) is 6.92 Å². The molecular formula is C11H20N4O2S. The quantitative estimate of drug-likeness (QED) is 0.740. The van der Waals surface area contributed by atoms with Gasteiger partial charge in [0.15, 0.2) is 0 Å². The molecule has 1 saturated heterocycles. The van der Waals surface area contributed by atoms with Gasteiger partial charge in [-0.3, -0.25) is 5.10 Å². The summed E-state index contributed by atoms with van der Waals surface area (Å²) in [5, 5.41) is 9.73. The zero-order valence-corrected chi connectivity index (χ0v) is 11.5. The molecule has 2 rings (SSSR count). The number of hydrogen-bond acceptors (Lipinski definition) is 4. The lowest BCUT2D eigenvalue weighted by Crippen LogP contribution is -2.41. The third-order valence-electron chi connectivity index (χ3n) is 3.40. The smallest absolute Gasteiger partial charge is 0.243 e. The van der Waals surface area contributed by atoms with Crippen molar-refractivity contribution in [3.8, 4) is 0 Å². The van der Waals surface area contributed by atoms with Crippen LogP contribution in [0.1, 0.15) is 25.5 Å². The number of aromatic nitrogens is 2. The first-order valence-electron chi connectivity index (χ1n) is 6.22. The summed E-state index contributed by atoms with van der Waals surface area (Å²) in [5.41, 5.74) is 0.567. The predicted molar refractivity (Wildman–Crippen MR) is 68.7 cm³/mol. The van der Waals surface area contributed by atoms with Gasteiger partial charge in [-0.15, -0.1) is 0 Å².